The molecular weight excluding hydrogens is 239 g/mol. The molecule has 0 fully saturated rings. The topological polar surface area (TPSA) is 50.4 Å². The minimum Gasteiger partial charge on any atom is -0.482 e. The highest BCUT2D eigenvalue weighted by atomic mass is 35.5. The van der Waals surface area contributed by atoms with Crippen molar-refractivity contribution in [3.05, 3.63) is 28.2 Å². The highest BCUT2D eigenvalue weighted by Gasteiger charge is 2.05. The molecule has 0 aromatic heterocycles. The van der Waals surface area contributed by atoms with Crippen LogP contribution in [0.25, 0.3) is 0 Å². The first-order chi connectivity index (χ1) is 7.13. The Bertz CT molecular complexity index is 358. The summed E-state index contributed by atoms with van der Waals surface area (Å²) in [6.45, 7) is -0.109. The van der Waals surface area contributed by atoms with Gasteiger partial charge in [0.05, 0.1) is 5.02 Å². The molecule has 0 radical (unpaired) electrons. The number of hydrogen-bond acceptors (Lipinski definition) is 3. The van der Waals surface area contributed by atoms with Crippen molar-refractivity contribution in [3.8, 4) is 5.75 Å². The van der Waals surface area contributed by atoms with Gasteiger partial charge in [-0.25, -0.2) is 5.43 Å². The smallest absolute Gasteiger partial charge is 0.271 e. The summed E-state index contributed by atoms with van der Waals surface area (Å²) in [6, 6.07) is 4.80. The Hall–Kier alpha value is -0.970. The van der Waals surface area contributed by atoms with Crippen LogP contribution in [0, 0.1) is 0 Å². The molecule has 0 unspecified atom stereocenters. The lowest BCUT2D eigenvalue weighted by Crippen LogP contribution is -2.37. The summed E-state index contributed by atoms with van der Waals surface area (Å²) < 4.78 is 5.16. The highest BCUT2D eigenvalue weighted by molar-refractivity contribution is 6.35. The van der Waals surface area contributed by atoms with E-state index in [1.807, 2.05) is 0 Å². The molecule has 1 aromatic rings. The number of carbonyl (C=O) groups excluding carboxylic acids is 1. The van der Waals surface area contributed by atoms with Gasteiger partial charge in [-0.15, -0.1) is 0 Å². The Morgan fingerprint density at radius 1 is 1.47 bits per heavy atom. The van der Waals surface area contributed by atoms with Crippen molar-refractivity contribution in [1.82, 2.24) is 10.9 Å². The first kappa shape index (κ1) is 12.1. The fourth-order valence-corrected chi connectivity index (χ4v) is 1.37. The molecule has 6 heteroatoms. The third-order valence-corrected chi connectivity index (χ3v) is 2.05. The molecule has 0 heterocycles. The number of hydrazine groups is 1. The maximum atomic E-state index is 11.0. The second-order valence-corrected chi connectivity index (χ2v) is 3.51. The molecule has 0 aliphatic carbocycles. The fraction of sp³-hybridized carbons (Fsp3) is 0.222. The van der Waals surface area contributed by atoms with Crippen LogP contribution >= 0.6 is 23.2 Å². The number of nitrogens with one attached hydrogen (secondary N) is 2. The predicted molar refractivity (Wildman–Crippen MR) is 59.2 cm³/mol. The maximum Gasteiger partial charge on any atom is 0.271 e. The van der Waals surface area contributed by atoms with E-state index in [4.69, 9.17) is 27.9 Å². The van der Waals surface area contributed by atoms with Crippen LogP contribution in [0.2, 0.25) is 10.0 Å². The van der Waals surface area contributed by atoms with E-state index in [2.05, 4.69) is 10.9 Å². The van der Waals surface area contributed by atoms with E-state index in [0.29, 0.717) is 15.8 Å². The first-order valence-electron chi connectivity index (χ1n) is 4.17. The molecule has 0 saturated carbocycles. The first-order valence-corrected chi connectivity index (χ1v) is 4.92. The standard InChI is InChI=1S/C9H10Cl2N2O2/c1-12-13-9(14)5-15-8-3-2-6(10)4-7(8)11/h2-4,12H,5H2,1H3,(H,13,14). The van der Waals surface area contributed by atoms with Crippen molar-refractivity contribution in [2.75, 3.05) is 13.7 Å². The van der Waals surface area contributed by atoms with Gasteiger partial charge in [-0.2, -0.15) is 0 Å². The van der Waals surface area contributed by atoms with E-state index in [1.165, 1.54) is 0 Å². The zero-order chi connectivity index (χ0) is 11.3. The third-order valence-electron chi connectivity index (χ3n) is 1.52. The molecule has 2 N–H and O–H groups in total. The van der Waals surface area contributed by atoms with Gasteiger partial charge in [-0.3, -0.25) is 10.2 Å². The van der Waals surface area contributed by atoms with Gasteiger partial charge in [0.2, 0.25) is 0 Å². The summed E-state index contributed by atoms with van der Waals surface area (Å²) in [4.78, 5) is 11.0. The Kier molecular flexibility index (Phi) is 4.68. The van der Waals surface area contributed by atoms with Gasteiger partial charge in [0, 0.05) is 12.1 Å². The Morgan fingerprint density at radius 2 is 2.20 bits per heavy atom. The average molecular weight is 249 g/mol. The van der Waals surface area contributed by atoms with Gasteiger partial charge < -0.3 is 4.74 Å². The monoisotopic (exact) mass is 248 g/mol. The molecular formula is C9H10Cl2N2O2. The summed E-state index contributed by atoms with van der Waals surface area (Å²) in [7, 11) is 1.59. The molecule has 1 amide bonds. The summed E-state index contributed by atoms with van der Waals surface area (Å²) in [5, 5.41) is 0.895. The minimum absolute atomic E-state index is 0.109. The van der Waals surface area contributed by atoms with E-state index < -0.39 is 0 Å². The van der Waals surface area contributed by atoms with E-state index in [9.17, 15) is 4.79 Å². The number of halogens is 2. The highest BCUT2D eigenvalue weighted by Crippen LogP contribution is 2.27. The van der Waals surface area contributed by atoms with Crippen molar-refractivity contribution in [3.63, 3.8) is 0 Å². The van der Waals surface area contributed by atoms with Crippen LogP contribution in [0.1, 0.15) is 0 Å². The lowest BCUT2D eigenvalue weighted by Gasteiger charge is -2.07. The number of ether oxygens (including phenoxy) is 1. The van der Waals surface area contributed by atoms with Gasteiger partial charge in [-0.1, -0.05) is 23.2 Å². The summed E-state index contributed by atoms with van der Waals surface area (Å²) >= 11 is 11.5. The Labute approximate surface area is 97.5 Å². The lowest BCUT2D eigenvalue weighted by molar-refractivity contribution is -0.123. The molecule has 4 nitrogen and oxygen atoms in total. The van der Waals surface area contributed by atoms with Gasteiger partial charge >= 0.3 is 0 Å². The van der Waals surface area contributed by atoms with Crippen LogP contribution < -0.4 is 15.6 Å². The number of hydrogen-bond donors (Lipinski definition) is 2. The normalized spacial score (nSPS) is 9.80. The van der Waals surface area contributed by atoms with E-state index in [1.54, 1.807) is 25.2 Å². The lowest BCUT2D eigenvalue weighted by atomic mass is 10.3. The molecule has 0 saturated heterocycles. The predicted octanol–water partition coefficient (Wildman–Crippen LogP) is 1.62. The zero-order valence-electron chi connectivity index (χ0n) is 8.01. The molecule has 0 atom stereocenters. The van der Waals surface area contributed by atoms with Crippen molar-refractivity contribution in [2.24, 2.45) is 0 Å². The second-order valence-electron chi connectivity index (χ2n) is 2.66. The van der Waals surface area contributed by atoms with Crippen LogP contribution in [-0.4, -0.2) is 19.6 Å². The molecule has 0 aliphatic rings. The van der Waals surface area contributed by atoms with Crippen LogP contribution in [0.15, 0.2) is 18.2 Å². The van der Waals surface area contributed by atoms with E-state index in [-0.39, 0.29) is 12.5 Å². The number of carbonyl (C=O) groups is 1. The van der Waals surface area contributed by atoms with Crippen LogP contribution in [0.4, 0.5) is 0 Å². The van der Waals surface area contributed by atoms with Crippen molar-refractivity contribution in [2.45, 2.75) is 0 Å². The summed E-state index contributed by atoms with van der Waals surface area (Å²) in [6.07, 6.45) is 0. The fourth-order valence-electron chi connectivity index (χ4n) is 0.911. The molecule has 0 bridgehead atoms. The second kappa shape index (κ2) is 5.80. The maximum absolute atomic E-state index is 11.0. The molecule has 0 aliphatic heterocycles. The van der Waals surface area contributed by atoms with Gasteiger partial charge in [0.15, 0.2) is 6.61 Å². The van der Waals surface area contributed by atoms with Crippen LogP contribution in [0.5, 0.6) is 5.75 Å². The number of amides is 1. The Morgan fingerprint density at radius 3 is 2.80 bits per heavy atom. The van der Waals surface area contributed by atoms with Gasteiger partial charge in [0.1, 0.15) is 5.75 Å². The largest absolute Gasteiger partial charge is 0.482 e. The molecule has 15 heavy (non-hydrogen) atoms. The Balaban J connectivity index is 2.54. The SMILES string of the molecule is CNNC(=O)COc1ccc(Cl)cc1Cl. The quantitative estimate of drug-likeness (QED) is 0.797. The van der Waals surface area contributed by atoms with Crippen molar-refractivity contribution in [1.29, 1.82) is 0 Å². The van der Waals surface area contributed by atoms with Crippen LogP contribution in [0.3, 0.4) is 0 Å². The molecule has 1 aromatic carbocycles. The van der Waals surface area contributed by atoms with Crippen molar-refractivity contribution < 1.29 is 9.53 Å². The molecule has 1 rings (SSSR count). The average Bonchev–Trinajstić information content (AvgIpc) is 2.17. The van der Waals surface area contributed by atoms with Crippen molar-refractivity contribution >= 4 is 29.1 Å². The van der Waals surface area contributed by atoms with Gasteiger partial charge in [0.25, 0.3) is 5.91 Å². The minimum atomic E-state index is -0.288. The van der Waals surface area contributed by atoms with Crippen LogP contribution in [-0.2, 0) is 4.79 Å². The molecule has 82 valence electrons. The van der Waals surface area contributed by atoms with E-state index in [0.717, 1.165) is 0 Å². The summed E-state index contributed by atoms with van der Waals surface area (Å²) in [5.74, 6) is 0.135. The zero-order valence-corrected chi connectivity index (χ0v) is 9.52. The van der Waals surface area contributed by atoms with Gasteiger partial charge in [-0.05, 0) is 18.2 Å². The third kappa shape index (κ3) is 3.95. The molecule has 0 spiro atoms. The summed E-state index contributed by atoms with van der Waals surface area (Å²) in [5.41, 5.74) is 4.86. The number of rotatable bonds is 4. The van der Waals surface area contributed by atoms with E-state index >= 15 is 0 Å². The number of benzene rings is 1.